The van der Waals surface area contributed by atoms with Gasteiger partial charge in [0.25, 0.3) is 10.0 Å². The van der Waals surface area contributed by atoms with Crippen LogP contribution in [0.3, 0.4) is 0 Å². The molecule has 0 saturated carbocycles. The van der Waals surface area contributed by atoms with Crippen molar-refractivity contribution in [3.8, 4) is 0 Å². The Kier molecular flexibility index (Phi) is 3.45. The first-order valence-electron chi connectivity index (χ1n) is 5.01. The van der Waals surface area contributed by atoms with Crippen LogP contribution >= 0.6 is 11.6 Å². The average molecular weight is 301 g/mol. The van der Waals surface area contributed by atoms with E-state index in [1.165, 1.54) is 30.7 Å². The smallest absolute Gasteiger partial charge is 0.278 e. The molecule has 7 nitrogen and oxygen atoms in total. The van der Waals surface area contributed by atoms with Gasteiger partial charge in [0.2, 0.25) is 5.91 Å². The van der Waals surface area contributed by atoms with Crippen LogP contribution in [0.1, 0.15) is 10.4 Å². The van der Waals surface area contributed by atoms with Gasteiger partial charge in [0.1, 0.15) is 0 Å². The summed E-state index contributed by atoms with van der Waals surface area (Å²) in [7, 11) is -3.76. The number of halogens is 1. The van der Waals surface area contributed by atoms with Crippen molar-refractivity contribution < 1.29 is 13.2 Å². The number of primary amides is 1. The van der Waals surface area contributed by atoms with E-state index in [-0.39, 0.29) is 21.3 Å². The second-order valence-corrected chi connectivity index (χ2v) is 5.64. The van der Waals surface area contributed by atoms with Gasteiger partial charge in [-0.05, 0) is 18.2 Å². The summed E-state index contributed by atoms with van der Waals surface area (Å²) < 4.78 is 26.0. The number of anilines is 1. The number of nitrogens with two attached hydrogens (primary N) is 1. The first kappa shape index (κ1) is 13.4. The Morgan fingerprint density at radius 1 is 1.42 bits per heavy atom. The van der Waals surface area contributed by atoms with E-state index in [9.17, 15) is 13.2 Å². The number of hydrogen-bond acceptors (Lipinski definition) is 4. The fourth-order valence-corrected chi connectivity index (χ4v) is 2.61. The molecule has 0 unspecified atom stereocenters. The quantitative estimate of drug-likeness (QED) is 0.779. The zero-order valence-corrected chi connectivity index (χ0v) is 11.0. The first-order valence-corrected chi connectivity index (χ1v) is 6.87. The lowest BCUT2D eigenvalue weighted by Crippen LogP contribution is -2.14. The zero-order chi connectivity index (χ0) is 14.0. The Labute approximate surface area is 113 Å². The van der Waals surface area contributed by atoms with Gasteiger partial charge in [-0.15, -0.1) is 0 Å². The fourth-order valence-electron chi connectivity index (χ4n) is 1.38. The maximum absolute atomic E-state index is 11.9. The van der Waals surface area contributed by atoms with Crippen molar-refractivity contribution in [2.75, 3.05) is 4.72 Å². The first-order chi connectivity index (χ1) is 8.90. The molecule has 0 spiro atoms. The number of aromatic nitrogens is 2. The van der Waals surface area contributed by atoms with E-state index in [1.54, 1.807) is 0 Å². The molecule has 0 atom stereocenters. The van der Waals surface area contributed by atoms with Crippen LogP contribution in [0, 0.1) is 0 Å². The van der Waals surface area contributed by atoms with Crippen molar-refractivity contribution in [3.63, 3.8) is 0 Å². The van der Waals surface area contributed by atoms with Crippen LogP contribution in [0.15, 0.2) is 35.7 Å². The minimum absolute atomic E-state index is 0.0670. The number of aromatic amines is 1. The lowest BCUT2D eigenvalue weighted by molar-refractivity contribution is 0.100. The molecule has 0 bridgehead atoms. The molecule has 19 heavy (non-hydrogen) atoms. The zero-order valence-electron chi connectivity index (χ0n) is 9.42. The summed E-state index contributed by atoms with van der Waals surface area (Å²) in [6.45, 7) is 0. The second-order valence-electron chi connectivity index (χ2n) is 3.58. The van der Waals surface area contributed by atoms with Crippen molar-refractivity contribution in [2.45, 2.75) is 5.03 Å². The van der Waals surface area contributed by atoms with Gasteiger partial charge >= 0.3 is 0 Å². The van der Waals surface area contributed by atoms with Gasteiger partial charge in [-0.2, -0.15) is 8.42 Å². The number of hydrogen-bond donors (Lipinski definition) is 3. The minimum Gasteiger partial charge on any atom is -0.366 e. The summed E-state index contributed by atoms with van der Waals surface area (Å²) in [4.78, 5) is 17.1. The van der Waals surface area contributed by atoms with Gasteiger partial charge in [-0.25, -0.2) is 4.98 Å². The summed E-state index contributed by atoms with van der Waals surface area (Å²) in [5, 5.41) is -0.0140. The Balaban J connectivity index is 2.30. The standard InChI is InChI=1S/C10H9ClN4O3S/c11-8-3-6(1-2-7(8)10(12)16)15-19(17,18)9-4-13-5-14-9/h1-5,15H,(H2,12,16)(H,13,14). The number of nitrogens with one attached hydrogen (secondary N) is 2. The van der Waals surface area contributed by atoms with Crippen LogP contribution in [0.5, 0.6) is 0 Å². The van der Waals surface area contributed by atoms with E-state index in [0.717, 1.165) is 0 Å². The van der Waals surface area contributed by atoms with Gasteiger partial charge in [-0.1, -0.05) is 11.6 Å². The number of sulfonamides is 1. The van der Waals surface area contributed by atoms with Crippen LogP contribution in [0.4, 0.5) is 5.69 Å². The molecular formula is C10H9ClN4O3S. The Bertz CT molecular complexity index is 712. The Morgan fingerprint density at radius 2 is 2.16 bits per heavy atom. The lowest BCUT2D eigenvalue weighted by atomic mass is 10.2. The number of amides is 1. The van der Waals surface area contributed by atoms with Crippen molar-refractivity contribution in [1.29, 1.82) is 0 Å². The van der Waals surface area contributed by atoms with Crippen molar-refractivity contribution in [2.24, 2.45) is 5.73 Å². The third-order valence-corrected chi connectivity index (χ3v) is 3.87. The summed E-state index contributed by atoms with van der Waals surface area (Å²) in [6, 6.07) is 4.03. The molecule has 1 heterocycles. The molecule has 2 rings (SSSR count). The van der Waals surface area contributed by atoms with E-state index < -0.39 is 15.9 Å². The van der Waals surface area contributed by atoms with Crippen molar-refractivity contribution >= 4 is 33.2 Å². The molecule has 0 radical (unpaired) electrons. The molecule has 100 valence electrons. The third-order valence-electron chi connectivity index (χ3n) is 2.25. The van der Waals surface area contributed by atoms with Crippen molar-refractivity contribution in [3.05, 3.63) is 41.3 Å². The van der Waals surface area contributed by atoms with E-state index in [4.69, 9.17) is 17.3 Å². The molecule has 0 saturated heterocycles. The number of carbonyl (C=O) groups excluding carboxylic acids is 1. The molecule has 0 fully saturated rings. The molecule has 0 aliphatic heterocycles. The SMILES string of the molecule is NC(=O)c1ccc(NS(=O)(=O)c2cnc[nH]2)cc1Cl. The van der Waals surface area contributed by atoms with E-state index >= 15 is 0 Å². The van der Waals surface area contributed by atoms with Crippen LogP contribution < -0.4 is 10.5 Å². The molecular weight excluding hydrogens is 292 g/mol. The van der Waals surface area contributed by atoms with E-state index in [1.807, 2.05) is 0 Å². The second kappa shape index (κ2) is 4.90. The molecule has 9 heteroatoms. The third kappa shape index (κ3) is 2.85. The summed E-state index contributed by atoms with van der Waals surface area (Å²) in [5.41, 5.74) is 5.42. The average Bonchev–Trinajstić information content (AvgIpc) is 2.81. The van der Waals surface area contributed by atoms with Gasteiger partial charge in [0.05, 0.1) is 28.8 Å². The molecule has 2 aromatic rings. The summed E-state index contributed by atoms with van der Waals surface area (Å²) >= 11 is 5.82. The number of carbonyl (C=O) groups is 1. The highest BCUT2D eigenvalue weighted by Gasteiger charge is 2.16. The van der Waals surface area contributed by atoms with Crippen LogP contribution in [0.2, 0.25) is 5.02 Å². The van der Waals surface area contributed by atoms with Gasteiger partial charge in [0, 0.05) is 0 Å². The number of imidazole rings is 1. The highest BCUT2D eigenvalue weighted by atomic mass is 35.5. The highest BCUT2D eigenvalue weighted by Crippen LogP contribution is 2.22. The topological polar surface area (TPSA) is 118 Å². The predicted molar refractivity (Wildman–Crippen MR) is 69.4 cm³/mol. The highest BCUT2D eigenvalue weighted by molar-refractivity contribution is 7.92. The predicted octanol–water partition coefficient (Wildman–Crippen LogP) is 0.963. The number of H-pyrrole nitrogens is 1. The number of nitrogens with zero attached hydrogens (tertiary/aromatic N) is 1. The monoisotopic (exact) mass is 300 g/mol. The van der Waals surface area contributed by atoms with Gasteiger partial charge in [0.15, 0.2) is 5.03 Å². The van der Waals surface area contributed by atoms with Crippen LogP contribution in [-0.4, -0.2) is 24.3 Å². The van der Waals surface area contributed by atoms with Crippen LogP contribution in [-0.2, 0) is 10.0 Å². The maximum Gasteiger partial charge on any atom is 0.278 e. The molecule has 1 aromatic heterocycles. The minimum atomic E-state index is -3.76. The Morgan fingerprint density at radius 3 is 2.68 bits per heavy atom. The molecule has 1 aromatic carbocycles. The molecule has 0 aliphatic rings. The lowest BCUT2D eigenvalue weighted by Gasteiger charge is -2.07. The summed E-state index contributed by atoms with van der Waals surface area (Å²) in [6.07, 6.45) is 2.42. The molecule has 0 aliphatic carbocycles. The summed E-state index contributed by atoms with van der Waals surface area (Å²) in [5.74, 6) is -0.687. The van der Waals surface area contributed by atoms with E-state index in [2.05, 4.69) is 14.7 Å². The fraction of sp³-hybridized carbons (Fsp3) is 0. The number of rotatable bonds is 4. The van der Waals surface area contributed by atoms with Crippen molar-refractivity contribution in [1.82, 2.24) is 9.97 Å². The Hall–Kier alpha value is -2.06. The normalized spacial score (nSPS) is 11.2. The van der Waals surface area contributed by atoms with Crippen LogP contribution in [0.25, 0.3) is 0 Å². The maximum atomic E-state index is 11.9. The molecule has 1 amide bonds. The number of benzene rings is 1. The van der Waals surface area contributed by atoms with E-state index in [0.29, 0.717) is 0 Å². The largest absolute Gasteiger partial charge is 0.366 e. The molecule has 4 N–H and O–H groups in total. The van der Waals surface area contributed by atoms with Gasteiger partial charge in [-0.3, -0.25) is 9.52 Å². The van der Waals surface area contributed by atoms with Gasteiger partial charge < -0.3 is 10.7 Å².